The number of nitrogens with two attached hydrogens (primary N) is 1. The SMILES string of the molecule is CN(CCCCCO)Cc1ccc(C(N)=O)cc1Cl. The predicted octanol–water partition coefficient (Wildman–Crippen LogP) is 2.03. The van der Waals surface area contributed by atoms with Crippen LogP contribution in [-0.2, 0) is 6.54 Å². The Morgan fingerprint density at radius 3 is 2.68 bits per heavy atom. The van der Waals surface area contributed by atoms with E-state index in [2.05, 4.69) is 4.90 Å². The van der Waals surface area contributed by atoms with Gasteiger partial charge in [-0.15, -0.1) is 0 Å². The highest BCUT2D eigenvalue weighted by molar-refractivity contribution is 6.31. The van der Waals surface area contributed by atoms with Gasteiger partial charge in [0.1, 0.15) is 0 Å². The maximum atomic E-state index is 11.0. The molecule has 0 aliphatic carbocycles. The van der Waals surface area contributed by atoms with E-state index in [1.54, 1.807) is 12.1 Å². The third-order valence-electron chi connectivity index (χ3n) is 2.98. The molecule has 0 atom stereocenters. The number of primary amides is 1. The lowest BCUT2D eigenvalue weighted by molar-refractivity contribution is 0.100. The Hall–Kier alpha value is -1.10. The fourth-order valence-corrected chi connectivity index (χ4v) is 2.11. The number of aliphatic hydroxyl groups is 1. The van der Waals surface area contributed by atoms with Gasteiger partial charge in [0.05, 0.1) is 0 Å². The number of hydrogen-bond acceptors (Lipinski definition) is 3. The molecule has 0 unspecified atom stereocenters. The zero-order chi connectivity index (χ0) is 14.3. The van der Waals surface area contributed by atoms with Crippen LogP contribution in [0.25, 0.3) is 0 Å². The first-order valence-corrected chi connectivity index (χ1v) is 6.80. The molecule has 3 N–H and O–H groups in total. The number of carbonyl (C=O) groups is 1. The summed E-state index contributed by atoms with van der Waals surface area (Å²) in [5, 5.41) is 9.27. The topological polar surface area (TPSA) is 66.6 Å². The molecule has 5 heteroatoms. The van der Waals surface area contributed by atoms with Crippen molar-refractivity contribution in [3.63, 3.8) is 0 Å². The van der Waals surface area contributed by atoms with E-state index in [4.69, 9.17) is 22.4 Å². The number of nitrogens with zero attached hydrogens (tertiary/aromatic N) is 1. The van der Waals surface area contributed by atoms with Gasteiger partial charge < -0.3 is 15.7 Å². The quantitative estimate of drug-likeness (QED) is 0.718. The smallest absolute Gasteiger partial charge is 0.248 e. The molecule has 0 heterocycles. The third kappa shape index (κ3) is 5.59. The molecular weight excluding hydrogens is 264 g/mol. The molecule has 106 valence electrons. The Balaban J connectivity index is 2.50. The Labute approximate surface area is 119 Å². The first kappa shape index (κ1) is 16.0. The van der Waals surface area contributed by atoms with Crippen LogP contribution < -0.4 is 5.73 Å². The van der Waals surface area contributed by atoms with Crippen LogP contribution in [0.1, 0.15) is 35.2 Å². The van der Waals surface area contributed by atoms with Gasteiger partial charge in [0.2, 0.25) is 5.91 Å². The summed E-state index contributed by atoms with van der Waals surface area (Å²) in [5.41, 5.74) is 6.61. The van der Waals surface area contributed by atoms with E-state index in [1.807, 2.05) is 13.1 Å². The third-order valence-corrected chi connectivity index (χ3v) is 3.33. The van der Waals surface area contributed by atoms with Gasteiger partial charge in [-0.05, 0) is 50.6 Å². The van der Waals surface area contributed by atoms with Gasteiger partial charge in [-0.3, -0.25) is 4.79 Å². The van der Waals surface area contributed by atoms with Gasteiger partial charge >= 0.3 is 0 Å². The molecule has 1 rings (SSSR count). The van der Waals surface area contributed by atoms with Crippen molar-refractivity contribution in [1.82, 2.24) is 4.90 Å². The second-order valence-electron chi connectivity index (χ2n) is 4.69. The van der Waals surface area contributed by atoms with Crippen LogP contribution in [0.5, 0.6) is 0 Å². The molecule has 4 nitrogen and oxygen atoms in total. The molecule has 0 bridgehead atoms. The fraction of sp³-hybridized carbons (Fsp3) is 0.500. The molecule has 0 aliphatic heterocycles. The van der Waals surface area contributed by atoms with Gasteiger partial charge in [-0.1, -0.05) is 17.7 Å². The summed E-state index contributed by atoms with van der Waals surface area (Å²) in [5.74, 6) is -0.467. The number of hydrogen-bond donors (Lipinski definition) is 2. The molecule has 1 aromatic rings. The molecule has 19 heavy (non-hydrogen) atoms. The summed E-state index contributed by atoms with van der Waals surface area (Å²) < 4.78 is 0. The normalized spacial score (nSPS) is 10.9. The molecule has 0 saturated carbocycles. The van der Waals surface area contributed by atoms with Crippen LogP contribution in [-0.4, -0.2) is 36.1 Å². The van der Waals surface area contributed by atoms with E-state index < -0.39 is 5.91 Å². The average Bonchev–Trinajstić information content (AvgIpc) is 2.37. The Kier molecular flexibility index (Phi) is 6.84. The fourth-order valence-electron chi connectivity index (χ4n) is 1.87. The van der Waals surface area contributed by atoms with Crippen molar-refractivity contribution in [2.45, 2.75) is 25.8 Å². The standard InChI is InChI=1S/C14H21ClN2O2/c1-17(7-3-2-4-8-18)10-12-6-5-11(14(16)19)9-13(12)15/h5-6,9,18H,2-4,7-8,10H2,1H3,(H2,16,19). The molecule has 1 amide bonds. The number of unbranched alkanes of at least 4 members (excludes halogenated alkanes) is 2. The first-order chi connectivity index (χ1) is 9.04. The van der Waals surface area contributed by atoms with Crippen LogP contribution in [0.4, 0.5) is 0 Å². The molecule has 0 radical (unpaired) electrons. The average molecular weight is 285 g/mol. The highest BCUT2D eigenvalue weighted by Crippen LogP contribution is 2.19. The van der Waals surface area contributed by atoms with Crippen molar-refractivity contribution in [3.05, 3.63) is 34.3 Å². The van der Waals surface area contributed by atoms with E-state index in [9.17, 15) is 4.79 Å². The van der Waals surface area contributed by atoms with E-state index in [0.717, 1.165) is 37.9 Å². The second kappa shape index (κ2) is 8.15. The van der Waals surface area contributed by atoms with Crippen LogP contribution in [0, 0.1) is 0 Å². The van der Waals surface area contributed by atoms with E-state index in [0.29, 0.717) is 10.6 Å². The zero-order valence-corrected chi connectivity index (χ0v) is 12.0. The maximum absolute atomic E-state index is 11.0. The molecule has 0 fully saturated rings. The van der Waals surface area contributed by atoms with Crippen LogP contribution >= 0.6 is 11.6 Å². The number of aliphatic hydroxyl groups excluding tert-OH is 1. The van der Waals surface area contributed by atoms with Crippen molar-refractivity contribution in [2.75, 3.05) is 20.2 Å². The van der Waals surface area contributed by atoms with Crippen LogP contribution in [0.3, 0.4) is 0 Å². The van der Waals surface area contributed by atoms with Gasteiger partial charge in [0.15, 0.2) is 0 Å². The predicted molar refractivity (Wildman–Crippen MR) is 77.2 cm³/mol. The van der Waals surface area contributed by atoms with Crippen molar-refractivity contribution in [2.24, 2.45) is 5.73 Å². The van der Waals surface area contributed by atoms with E-state index in [1.165, 1.54) is 0 Å². The molecule has 0 aromatic heterocycles. The number of rotatable bonds is 8. The molecular formula is C14H21ClN2O2. The van der Waals surface area contributed by atoms with Crippen molar-refractivity contribution < 1.29 is 9.90 Å². The Morgan fingerprint density at radius 2 is 2.11 bits per heavy atom. The minimum atomic E-state index is -0.467. The Bertz CT molecular complexity index is 424. The molecule has 1 aromatic carbocycles. The molecule has 0 aliphatic rings. The summed E-state index contributed by atoms with van der Waals surface area (Å²) in [6, 6.07) is 5.15. The lowest BCUT2D eigenvalue weighted by atomic mass is 10.1. The van der Waals surface area contributed by atoms with Gasteiger partial charge in [-0.2, -0.15) is 0 Å². The van der Waals surface area contributed by atoms with E-state index >= 15 is 0 Å². The minimum Gasteiger partial charge on any atom is -0.396 e. The number of amides is 1. The lowest BCUT2D eigenvalue weighted by Gasteiger charge is -2.17. The van der Waals surface area contributed by atoms with Crippen LogP contribution in [0.15, 0.2) is 18.2 Å². The Morgan fingerprint density at radius 1 is 1.37 bits per heavy atom. The second-order valence-corrected chi connectivity index (χ2v) is 5.10. The monoisotopic (exact) mass is 284 g/mol. The van der Waals surface area contributed by atoms with Crippen molar-refractivity contribution >= 4 is 17.5 Å². The minimum absolute atomic E-state index is 0.254. The number of halogens is 1. The largest absolute Gasteiger partial charge is 0.396 e. The number of carbonyl (C=O) groups excluding carboxylic acids is 1. The van der Waals surface area contributed by atoms with Gasteiger partial charge in [0.25, 0.3) is 0 Å². The summed E-state index contributed by atoms with van der Waals surface area (Å²) in [6.07, 6.45) is 2.92. The summed E-state index contributed by atoms with van der Waals surface area (Å²) in [4.78, 5) is 13.2. The first-order valence-electron chi connectivity index (χ1n) is 6.42. The lowest BCUT2D eigenvalue weighted by Crippen LogP contribution is -2.19. The van der Waals surface area contributed by atoms with Crippen LogP contribution in [0.2, 0.25) is 5.02 Å². The summed E-state index contributed by atoms with van der Waals surface area (Å²) >= 11 is 6.13. The maximum Gasteiger partial charge on any atom is 0.248 e. The number of benzene rings is 1. The zero-order valence-electron chi connectivity index (χ0n) is 11.2. The highest BCUT2D eigenvalue weighted by Gasteiger charge is 2.07. The molecule has 0 spiro atoms. The van der Waals surface area contributed by atoms with Crippen molar-refractivity contribution in [3.8, 4) is 0 Å². The van der Waals surface area contributed by atoms with Gasteiger partial charge in [0, 0.05) is 23.7 Å². The van der Waals surface area contributed by atoms with Crippen molar-refractivity contribution in [1.29, 1.82) is 0 Å². The summed E-state index contributed by atoms with van der Waals surface area (Å²) in [7, 11) is 2.03. The van der Waals surface area contributed by atoms with E-state index in [-0.39, 0.29) is 6.61 Å². The molecule has 0 saturated heterocycles. The van der Waals surface area contributed by atoms with Gasteiger partial charge in [-0.25, -0.2) is 0 Å². The summed E-state index contributed by atoms with van der Waals surface area (Å²) in [6.45, 7) is 1.94. The highest BCUT2D eigenvalue weighted by atomic mass is 35.5.